The average Bonchev–Trinajstić information content (AvgIpc) is 2.48. The number of carboxylic acids is 1. The molecule has 1 amide bonds. The highest BCUT2D eigenvalue weighted by Gasteiger charge is 2.45. The molecule has 1 aliphatic carbocycles. The van der Waals surface area contributed by atoms with Gasteiger partial charge in [-0.1, -0.05) is 12.2 Å². The molecule has 0 saturated carbocycles. The predicted molar refractivity (Wildman–Crippen MR) is 79.1 cm³/mol. The third-order valence-electron chi connectivity index (χ3n) is 3.70. The molecular weight excluding hydrogens is 272 g/mol. The van der Waals surface area contributed by atoms with Crippen molar-refractivity contribution in [2.75, 3.05) is 18.2 Å². The smallest absolute Gasteiger partial charge is 0.319 e. The molecule has 0 heterocycles. The first-order valence-electron chi connectivity index (χ1n) is 6.63. The zero-order valence-electron chi connectivity index (χ0n) is 11.8. The average molecular weight is 290 g/mol. The summed E-state index contributed by atoms with van der Waals surface area (Å²) in [6, 6.07) is 4.80. The molecule has 0 bridgehead atoms. The number of rotatable bonds is 4. The molecule has 1 atom stereocenters. The highest BCUT2D eigenvalue weighted by molar-refractivity contribution is 6.08. The Bertz CT molecular complexity index is 597. The van der Waals surface area contributed by atoms with E-state index in [-0.39, 0.29) is 12.8 Å². The van der Waals surface area contributed by atoms with Gasteiger partial charge < -0.3 is 20.9 Å². The molecule has 0 aliphatic heterocycles. The van der Waals surface area contributed by atoms with Crippen molar-refractivity contribution in [3.63, 3.8) is 0 Å². The van der Waals surface area contributed by atoms with Crippen molar-refractivity contribution in [2.45, 2.75) is 19.3 Å². The Balaban J connectivity index is 2.21. The number of benzene rings is 1. The summed E-state index contributed by atoms with van der Waals surface area (Å²) in [5.74, 6) is -1.13. The van der Waals surface area contributed by atoms with Crippen molar-refractivity contribution in [2.24, 2.45) is 5.41 Å². The van der Waals surface area contributed by atoms with Gasteiger partial charge in [-0.15, -0.1) is 0 Å². The molecule has 1 aliphatic rings. The van der Waals surface area contributed by atoms with E-state index in [0.29, 0.717) is 23.5 Å². The monoisotopic (exact) mass is 290 g/mol. The lowest BCUT2D eigenvalue weighted by atomic mass is 9.76. The molecule has 4 N–H and O–H groups in total. The van der Waals surface area contributed by atoms with Gasteiger partial charge in [0.05, 0.1) is 12.8 Å². The van der Waals surface area contributed by atoms with Crippen LogP contribution in [0.3, 0.4) is 0 Å². The Labute approximate surface area is 122 Å². The van der Waals surface area contributed by atoms with Crippen LogP contribution >= 0.6 is 0 Å². The normalized spacial score (nSPS) is 20.8. The van der Waals surface area contributed by atoms with E-state index in [4.69, 9.17) is 10.5 Å². The van der Waals surface area contributed by atoms with Crippen LogP contribution < -0.4 is 15.8 Å². The van der Waals surface area contributed by atoms with E-state index in [1.807, 2.05) is 6.08 Å². The van der Waals surface area contributed by atoms with Crippen LogP contribution in [0.15, 0.2) is 30.4 Å². The van der Waals surface area contributed by atoms with Crippen LogP contribution in [0.5, 0.6) is 5.75 Å². The largest absolute Gasteiger partial charge is 0.495 e. The molecule has 1 aromatic rings. The van der Waals surface area contributed by atoms with Crippen molar-refractivity contribution < 1.29 is 19.4 Å². The summed E-state index contributed by atoms with van der Waals surface area (Å²) in [6.45, 7) is 0. The number of anilines is 2. The number of nitrogens with two attached hydrogens (primary N) is 1. The first-order valence-corrected chi connectivity index (χ1v) is 6.63. The van der Waals surface area contributed by atoms with Gasteiger partial charge in [-0.25, -0.2) is 0 Å². The molecule has 6 nitrogen and oxygen atoms in total. The van der Waals surface area contributed by atoms with E-state index in [1.54, 1.807) is 24.3 Å². The maximum Gasteiger partial charge on any atom is 0.319 e. The molecule has 21 heavy (non-hydrogen) atoms. The number of allylic oxidation sites excluding steroid dienone is 2. The van der Waals surface area contributed by atoms with Crippen molar-refractivity contribution in [1.82, 2.24) is 0 Å². The van der Waals surface area contributed by atoms with Crippen LogP contribution in [-0.2, 0) is 9.59 Å². The zero-order chi connectivity index (χ0) is 15.5. The Morgan fingerprint density at radius 2 is 2.14 bits per heavy atom. The van der Waals surface area contributed by atoms with Crippen molar-refractivity contribution in [3.8, 4) is 5.75 Å². The Kier molecular flexibility index (Phi) is 4.16. The fourth-order valence-corrected chi connectivity index (χ4v) is 2.39. The Morgan fingerprint density at radius 3 is 2.67 bits per heavy atom. The van der Waals surface area contributed by atoms with Crippen LogP contribution in [0.2, 0.25) is 0 Å². The van der Waals surface area contributed by atoms with Gasteiger partial charge in [-0.2, -0.15) is 0 Å². The van der Waals surface area contributed by atoms with Crippen LogP contribution in [-0.4, -0.2) is 24.1 Å². The van der Waals surface area contributed by atoms with Gasteiger partial charge in [0.25, 0.3) is 0 Å². The number of hydrogen-bond donors (Lipinski definition) is 3. The lowest BCUT2D eigenvalue weighted by molar-refractivity contribution is -0.154. The second kappa shape index (κ2) is 5.87. The number of methoxy groups -OCH3 is 1. The first kappa shape index (κ1) is 14.9. The second-order valence-corrected chi connectivity index (χ2v) is 5.01. The lowest BCUT2D eigenvalue weighted by Crippen LogP contribution is -2.43. The fourth-order valence-electron chi connectivity index (χ4n) is 2.39. The molecule has 6 heteroatoms. The quantitative estimate of drug-likeness (QED) is 0.447. The van der Waals surface area contributed by atoms with Crippen LogP contribution in [0.4, 0.5) is 11.4 Å². The van der Waals surface area contributed by atoms with Gasteiger partial charge in [-0.3, -0.25) is 9.59 Å². The predicted octanol–water partition coefficient (Wildman–Crippen LogP) is 2.03. The lowest BCUT2D eigenvalue weighted by Gasteiger charge is -2.29. The third kappa shape index (κ3) is 2.84. The van der Waals surface area contributed by atoms with Gasteiger partial charge in [0.2, 0.25) is 5.91 Å². The van der Waals surface area contributed by atoms with Gasteiger partial charge in [-0.05, 0) is 37.5 Å². The minimum absolute atomic E-state index is 0.194. The minimum Gasteiger partial charge on any atom is -0.495 e. The van der Waals surface area contributed by atoms with E-state index >= 15 is 0 Å². The molecule has 2 rings (SSSR count). The van der Waals surface area contributed by atoms with E-state index in [1.165, 1.54) is 7.11 Å². The van der Waals surface area contributed by atoms with Gasteiger partial charge in [0, 0.05) is 5.69 Å². The SMILES string of the molecule is COc1ccc(NC(=O)C2(C(=O)O)CC=CCC2)cc1N. The standard InChI is InChI=1S/C15H18N2O4/c1-21-12-6-5-10(9-11(12)16)17-13(18)15(14(19)20)7-3-2-4-8-15/h2-3,5-6,9H,4,7-8,16H2,1H3,(H,17,18)(H,19,20). The summed E-state index contributed by atoms with van der Waals surface area (Å²) in [7, 11) is 1.50. The van der Waals surface area contributed by atoms with E-state index in [0.717, 1.165) is 0 Å². The molecule has 0 saturated heterocycles. The molecule has 112 valence electrons. The summed E-state index contributed by atoms with van der Waals surface area (Å²) < 4.78 is 5.04. The van der Waals surface area contributed by atoms with Crippen LogP contribution in [0.1, 0.15) is 19.3 Å². The van der Waals surface area contributed by atoms with E-state index in [2.05, 4.69) is 5.32 Å². The highest BCUT2D eigenvalue weighted by Crippen LogP contribution is 2.35. The molecule has 0 radical (unpaired) electrons. The van der Waals surface area contributed by atoms with Crippen LogP contribution in [0, 0.1) is 5.41 Å². The number of carbonyl (C=O) groups is 2. The minimum atomic E-state index is -1.41. The fraction of sp³-hybridized carbons (Fsp3) is 0.333. The Hall–Kier alpha value is -2.50. The number of carbonyl (C=O) groups excluding carboxylic acids is 1. The summed E-state index contributed by atoms with van der Waals surface area (Å²) >= 11 is 0. The van der Waals surface area contributed by atoms with E-state index < -0.39 is 17.3 Å². The zero-order valence-corrected chi connectivity index (χ0v) is 11.8. The summed E-state index contributed by atoms with van der Waals surface area (Å²) in [6.07, 6.45) is 4.68. The summed E-state index contributed by atoms with van der Waals surface area (Å²) in [5.41, 5.74) is 5.19. The van der Waals surface area contributed by atoms with Gasteiger partial charge in [0.15, 0.2) is 0 Å². The number of nitrogens with one attached hydrogen (secondary N) is 1. The maximum atomic E-state index is 12.4. The third-order valence-corrected chi connectivity index (χ3v) is 3.70. The van der Waals surface area contributed by atoms with Gasteiger partial charge in [0.1, 0.15) is 11.2 Å². The molecule has 0 aromatic heterocycles. The number of ether oxygens (including phenoxy) is 1. The summed E-state index contributed by atoms with van der Waals surface area (Å²) in [5, 5.41) is 12.1. The highest BCUT2D eigenvalue weighted by atomic mass is 16.5. The number of aliphatic carboxylic acids is 1. The van der Waals surface area contributed by atoms with Crippen molar-refractivity contribution in [1.29, 1.82) is 0 Å². The maximum absolute atomic E-state index is 12.4. The molecule has 0 fully saturated rings. The first-order chi connectivity index (χ1) is 9.99. The van der Waals surface area contributed by atoms with Crippen molar-refractivity contribution >= 4 is 23.3 Å². The van der Waals surface area contributed by atoms with Gasteiger partial charge >= 0.3 is 5.97 Å². The molecular formula is C15H18N2O4. The number of amides is 1. The second-order valence-electron chi connectivity index (χ2n) is 5.01. The molecule has 1 aromatic carbocycles. The summed E-state index contributed by atoms with van der Waals surface area (Å²) in [4.78, 5) is 23.9. The topological polar surface area (TPSA) is 102 Å². The van der Waals surface area contributed by atoms with Crippen molar-refractivity contribution in [3.05, 3.63) is 30.4 Å². The Morgan fingerprint density at radius 1 is 1.38 bits per heavy atom. The molecule has 0 spiro atoms. The number of nitrogen functional groups attached to an aromatic ring is 1. The molecule has 1 unspecified atom stereocenters. The van der Waals surface area contributed by atoms with Crippen LogP contribution in [0.25, 0.3) is 0 Å². The number of carboxylic acid groups (broad SMARTS) is 1. The number of hydrogen-bond acceptors (Lipinski definition) is 4. The van der Waals surface area contributed by atoms with E-state index in [9.17, 15) is 14.7 Å².